The zero-order chi connectivity index (χ0) is 12.1. The first-order chi connectivity index (χ1) is 7.49. The van der Waals surface area contributed by atoms with E-state index in [1.807, 2.05) is 6.20 Å². The van der Waals surface area contributed by atoms with Crippen LogP contribution in [-0.4, -0.2) is 16.6 Å². The molecular formula is C11H19N3S2. The quantitative estimate of drug-likeness (QED) is 0.813. The van der Waals surface area contributed by atoms with Crippen LogP contribution in [0, 0.1) is 12.8 Å². The van der Waals surface area contributed by atoms with Crippen LogP contribution in [0.4, 0.5) is 0 Å². The van der Waals surface area contributed by atoms with Gasteiger partial charge in [-0.25, -0.2) is 4.98 Å². The molecule has 0 radical (unpaired) electrons. The van der Waals surface area contributed by atoms with Crippen LogP contribution in [0.25, 0.3) is 0 Å². The van der Waals surface area contributed by atoms with Gasteiger partial charge in [-0.3, -0.25) is 0 Å². The summed E-state index contributed by atoms with van der Waals surface area (Å²) in [5.41, 5.74) is 0. The first kappa shape index (κ1) is 13.4. The van der Waals surface area contributed by atoms with E-state index in [1.54, 1.807) is 11.3 Å². The molecule has 0 bridgehead atoms. The van der Waals surface area contributed by atoms with Gasteiger partial charge in [0.05, 0.1) is 6.04 Å². The van der Waals surface area contributed by atoms with Crippen molar-refractivity contribution in [2.24, 2.45) is 5.92 Å². The van der Waals surface area contributed by atoms with E-state index < -0.39 is 0 Å². The zero-order valence-corrected chi connectivity index (χ0v) is 11.8. The fraction of sp³-hybridized carbons (Fsp3) is 0.636. The van der Waals surface area contributed by atoms with Crippen molar-refractivity contribution in [1.29, 1.82) is 0 Å². The van der Waals surface area contributed by atoms with Crippen LogP contribution in [0.5, 0.6) is 0 Å². The van der Waals surface area contributed by atoms with E-state index >= 15 is 0 Å². The molecule has 1 rings (SSSR count). The van der Waals surface area contributed by atoms with E-state index in [2.05, 4.69) is 43.3 Å². The Kier molecular flexibility index (Phi) is 5.15. The minimum absolute atomic E-state index is 0.172. The third-order valence-electron chi connectivity index (χ3n) is 2.03. The van der Waals surface area contributed by atoms with Crippen LogP contribution < -0.4 is 10.6 Å². The summed E-state index contributed by atoms with van der Waals surface area (Å²) >= 11 is 6.91. The molecule has 0 aliphatic heterocycles. The smallest absolute Gasteiger partial charge is 0.166 e. The predicted molar refractivity (Wildman–Crippen MR) is 73.8 cm³/mol. The molecule has 0 aliphatic carbocycles. The van der Waals surface area contributed by atoms with E-state index in [1.165, 1.54) is 4.88 Å². The van der Waals surface area contributed by atoms with Gasteiger partial charge in [0.15, 0.2) is 5.11 Å². The lowest BCUT2D eigenvalue weighted by Crippen LogP contribution is -2.38. The number of hydrogen-bond acceptors (Lipinski definition) is 3. The summed E-state index contributed by atoms with van der Waals surface area (Å²) in [4.78, 5) is 5.56. The second kappa shape index (κ2) is 6.15. The summed E-state index contributed by atoms with van der Waals surface area (Å²) < 4.78 is 0. The fourth-order valence-corrected chi connectivity index (χ4v) is 2.22. The number of aryl methyl sites for hydroxylation is 1. The van der Waals surface area contributed by atoms with Crippen molar-refractivity contribution < 1.29 is 0 Å². The standard InChI is InChI=1S/C11H19N3S2/c1-7(2)5-13-11(15)14-9(4)10-12-6-8(3)16-10/h6-7,9H,5H2,1-4H3,(H2,13,14,15). The Hall–Kier alpha value is -0.680. The van der Waals surface area contributed by atoms with Crippen LogP contribution in [-0.2, 0) is 0 Å². The molecule has 0 fully saturated rings. The third-order valence-corrected chi connectivity index (χ3v) is 3.39. The lowest BCUT2D eigenvalue weighted by molar-refractivity contribution is 0.608. The molecule has 5 heteroatoms. The molecule has 1 unspecified atom stereocenters. The first-order valence-corrected chi connectivity index (χ1v) is 6.68. The van der Waals surface area contributed by atoms with Crippen molar-refractivity contribution in [2.75, 3.05) is 6.54 Å². The maximum Gasteiger partial charge on any atom is 0.166 e. The Morgan fingerprint density at radius 3 is 2.69 bits per heavy atom. The van der Waals surface area contributed by atoms with E-state index in [0.29, 0.717) is 11.0 Å². The Morgan fingerprint density at radius 2 is 2.19 bits per heavy atom. The van der Waals surface area contributed by atoms with Gasteiger partial charge in [-0.15, -0.1) is 11.3 Å². The molecule has 90 valence electrons. The largest absolute Gasteiger partial charge is 0.362 e. The van der Waals surface area contributed by atoms with Crippen molar-refractivity contribution in [1.82, 2.24) is 15.6 Å². The van der Waals surface area contributed by atoms with Crippen molar-refractivity contribution in [3.63, 3.8) is 0 Å². The summed E-state index contributed by atoms with van der Waals surface area (Å²) in [6.07, 6.45) is 1.89. The molecule has 0 amide bonds. The van der Waals surface area contributed by atoms with Gasteiger partial charge in [-0.05, 0) is 32.0 Å². The SMILES string of the molecule is Cc1cnc(C(C)NC(=S)NCC(C)C)s1. The van der Waals surface area contributed by atoms with E-state index in [0.717, 1.165) is 11.6 Å². The number of nitrogens with zero attached hydrogens (tertiary/aromatic N) is 1. The highest BCUT2D eigenvalue weighted by Crippen LogP contribution is 2.18. The highest BCUT2D eigenvalue weighted by Gasteiger charge is 2.10. The molecule has 16 heavy (non-hydrogen) atoms. The molecule has 0 aliphatic rings. The second-order valence-corrected chi connectivity index (χ2v) is 5.95. The van der Waals surface area contributed by atoms with Crippen LogP contribution in [0.15, 0.2) is 6.20 Å². The zero-order valence-electron chi connectivity index (χ0n) is 10.2. The van der Waals surface area contributed by atoms with Crippen molar-refractivity contribution >= 4 is 28.7 Å². The molecule has 0 saturated carbocycles. The van der Waals surface area contributed by atoms with E-state index in [-0.39, 0.29) is 6.04 Å². The average molecular weight is 257 g/mol. The average Bonchev–Trinajstić information content (AvgIpc) is 2.62. The highest BCUT2D eigenvalue weighted by molar-refractivity contribution is 7.80. The molecule has 0 aromatic carbocycles. The number of rotatable bonds is 4. The van der Waals surface area contributed by atoms with Crippen LogP contribution in [0.2, 0.25) is 0 Å². The molecule has 1 atom stereocenters. The normalized spacial score (nSPS) is 12.6. The second-order valence-electron chi connectivity index (χ2n) is 4.28. The minimum atomic E-state index is 0.172. The number of thiazole rings is 1. The number of nitrogens with one attached hydrogen (secondary N) is 2. The minimum Gasteiger partial charge on any atom is -0.362 e. The van der Waals surface area contributed by atoms with E-state index in [4.69, 9.17) is 12.2 Å². The summed E-state index contributed by atoms with van der Waals surface area (Å²) in [5, 5.41) is 8.20. The lowest BCUT2D eigenvalue weighted by Gasteiger charge is -2.16. The Bertz CT molecular complexity index is 347. The Balaban J connectivity index is 2.39. The van der Waals surface area contributed by atoms with E-state index in [9.17, 15) is 0 Å². The molecule has 1 heterocycles. The summed E-state index contributed by atoms with van der Waals surface area (Å²) in [7, 11) is 0. The van der Waals surface area contributed by atoms with Gasteiger partial charge >= 0.3 is 0 Å². The number of aromatic nitrogens is 1. The molecule has 0 saturated heterocycles. The molecule has 1 aromatic heterocycles. The van der Waals surface area contributed by atoms with Gasteiger partial charge in [-0.2, -0.15) is 0 Å². The lowest BCUT2D eigenvalue weighted by atomic mass is 10.2. The van der Waals surface area contributed by atoms with Gasteiger partial charge in [0, 0.05) is 17.6 Å². The Morgan fingerprint density at radius 1 is 1.50 bits per heavy atom. The summed E-state index contributed by atoms with van der Waals surface area (Å²) in [6.45, 7) is 9.34. The van der Waals surface area contributed by atoms with Gasteiger partial charge in [0.1, 0.15) is 5.01 Å². The van der Waals surface area contributed by atoms with Crippen molar-refractivity contribution in [2.45, 2.75) is 33.7 Å². The number of hydrogen-bond donors (Lipinski definition) is 2. The van der Waals surface area contributed by atoms with Gasteiger partial charge < -0.3 is 10.6 Å². The molecule has 3 nitrogen and oxygen atoms in total. The Labute approximate surface area is 107 Å². The first-order valence-electron chi connectivity index (χ1n) is 5.45. The molecule has 0 spiro atoms. The van der Waals surface area contributed by atoms with Gasteiger partial charge in [0.25, 0.3) is 0 Å². The monoisotopic (exact) mass is 257 g/mol. The van der Waals surface area contributed by atoms with Crippen LogP contribution >= 0.6 is 23.6 Å². The predicted octanol–water partition coefficient (Wildman–Crippen LogP) is 2.63. The molecular weight excluding hydrogens is 238 g/mol. The topological polar surface area (TPSA) is 37.0 Å². The van der Waals surface area contributed by atoms with Gasteiger partial charge in [0.2, 0.25) is 0 Å². The van der Waals surface area contributed by atoms with Gasteiger partial charge in [-0.1, -0.05) is 13.8 Å². The van der Waals surface area contributed by atoms with Crippen LogP contribution in [0.3, 0.4) is 0 Å². The summed E-state index contributed by atoms with van der Waals surface area (Å²) in [6, 6.07) is 0.172. The maximum atomic E-state index is 5.21. The summed E-state index contributed by atoms with van der Waals surface area (Å²) in [5.74, 6) is 0.595. The third kappa shape index (κ3) is 4.45. The maximum absolute atomic E-state index is 5.21. The van der Waals surface area contributed by atoms with Crippen molar-refractivity contribution in [3.05, 3.63) is 16.1 Å². The number of thiocarbonyl (C=S) groups is 1. The highest BCUT2D eigenvalue weighted by atomic mass is 32.1. The molecule has 1 aromatic rings. The van der Waals surface area contributed by atoms with Crippen LogP contribution in [0.1, 0.15) is 36.7 Å². The van der Waals surface area contributed by atoms with Crippen molar-refractivity contribution in [3.8, 4) is 0 Å². The fourth-order valence-electron chi connectivity index (χ4n) is 1.18. The molecule has 2 N–H and O–H groups in total.